The van der Waals surface area contributed by atoms with Gasteiger partial charge in [0.1, 0.15) is 0 Å². The number of nitrogens with one attached hydrogen (secondary N) is 1. The van der Waals surface area contributed by atoms with Crippen molar-refractivity contribution in [2.45, 2.75) is 19.5 Å². The monoisotopic (exact) mass is 320 g/mol. The predicted molar refractivity (Wildman–Crippen MR) is 91.9 cm³/mol. The number of likely N-dealkylation sites (tertiary alicyclic amines) is 1. The largest absolute Gasteiger partial charge is 0.347 e. The maximum atomic E-state index is 13.2. The molecule has 1 N–H and O–H groups in total. The van der Waals surface area contributed by atoms with Crippen LogP contribution in [-0.4, -0.2) is 35.7 Å². The lowest BCUT2D eigenvalue weighted by Gasteiger charge is -2.27. The lowest BCUT2D eigenvalue weighted by molar-refractivity contribution is 0.0789. The van der Waals surface area contributed by atoms with Crippen LogP contribution in [0.25, 0.3) is 0 Å². The highest BCUT2D eigenvalue weighted by Gasteiger charge is 2.51. The van der Waals surface area contributed by atoms with Crippen LogP contribution in [0.4, 0.5) is 0 Å². The van der Waals surface area contributed by atoms with Gasteiger partial charge in [0.2, 0.25) is 0 Å². The van der Waals surface area contributed by atoms with E-state index in [9.17, 15) is 9.59 Å². The summed E-state index contributed by atoms with van der Waals surface area (Å²) >= 11 is 0. The van der Waals surface area contributed by atoms with Gasteiger partial charge in [0.25, 0.3) is 5.91 Å². The molecule has 2 aromatic carbocycles. The molecule has 0 saturated carbocycles. The Labute approximate surface area is 141 Å². The average molecular weight is 320 g/mol. The third-order valence-corrected chi connectivity index (χ3v) is 5.25. The van der Waals surface area contributed by atoms with E-state index in [1.807, 2.05) is 31.2 Å². The normalized spacial score (nSPS) is 26.5. The molecule has 1 saturated heterocycles. The second-order valence-electron chi connectivity index (χ2n) is 6.97. The lowest BCUT2D eigenvalue weighted by atomic mass is 9.78. The van der Waals surface area contributed by atoms with Gasteiger partial charge in [0.15, 0.2) is 5.78 Å². The maximum absolute atomic E-state index is 13.2. The summed E-state index contributed by atoms with van der Waals surface area (Å²) in [5, 5.41) is 3.08. The third-order valence-electron chi connectivity index (χ3n) is 5.25. The first-order valence-corrected chi connectivity index (χ1v) is 8.29. The molecule has 0 unspecified atom stereocenters. The quantitative estimate of drug-likeness (QED) is 0.925. The van der Waals surface area contributed by atoms with Crippen molar-refractivity contribution >= 4 is 11.7 Å². The molecule has 2 aliphatic rings. The molecule has 2 atom stereocenters. The molecule has 0 radical (unpaired) electrons. The van der Waals surface area contributed by atoms with Crippen LogP contribution in [-0.2, 0) is 6.54 Å². The number of carbonyl (C=O) groups is 2. The number of fused-ring (bicyclic) bond motifs is 2. The number of rotatable bonds is 2. The van der Waals surface area contributed by atoms with Crippen LogP contribution >= 0.6 is 0 Å². The van der Waals surface area contributed by atoms with Gasteiger partial charge in [-0.05, 0) is 18.6 Å². The van der Waals surface area contributed by atoms with Crippen molar-refractivity contribution in [3.05, 3.63) is 71.3 Å². The summed E-state index contributed by atoms with van der Waals surface area (Å²) in [5.41, 5.74) is 1.67. The van der Waals surface area contributed by atoms with Gasteiger partial charge < -0.3 is 5.32 Å². The Balaban J connectivity index is 1.65. The van der Waals surface area contributed by atoms with Crippen molar-refractivity contribution in [3.8, 4) is 0 Å². The molecule has 0 bridgehead atoms. The van der Waals surface area contributed by atoms with E-state index < -0.39 is 5.41 Å². The van der Waals surface area contributed by atoms with E-state index in [1.165, 1.54) is 5.56 Å². The van der Waals surface area contributed by atoms with Crippen molar-refractivity contribution in [2.24, 2.45) is 5.41 Å². The number of carbonyl (C=O) groups excluding carboxylic acids is 2. The van der Waals surface area contributed by atoms with Crippen molar-refractivity contribution < 1.29 is 9.59 Å². The molecule has 4 nitrogen and oxygen atoms in total. The number of Topliss-reactive ketones (excluding diaryl/α,β-unsaturated/α-hetero) is 1. The summed E-state index contributed by atoms with van der Waals surface area (Å²) < 4.78 is 0. The Kier molecular flexibility index (Phi) is 3.50. The molecule has 2 heterocycles. The fraction of sp³-hybridized carbons (Fsp3) is 0.300. The van der Waals surface area contributed by atoms with E-state index in [4.69, 9.17) is 0 Å². The molecule has 4 rings (SSSR count). The first kappa shape index (κ1) is 15.1. The van der Waals surface area contributed by atoms with Crippen LogP contribution in [0.3, 0.4) is 0 Å². The van der Waals surface area contributed by atoms with Gasteiger partial charge in [-0.3, -0.25) is 14.5 Å². The van der Waals surface area contributed by atoms with Gasteiger partial charge in [-0.25, -0.2) is 0 Å². The Hall–Kier alpha value is -2.46. The number of benzene rings is 2. The van der Waals surface area contributed by atoms with Crippen molar-refractivity contribution in [3.63, 3.8) is 0 Å². The summed E-state index contributed by atoms with van der Waals surface area (Å²) in [6.45, 7) is 4.11. The molecule has 1 amide bonds. The number of hydrogen-bond donors (Lipinski definition) is 1. The molecule has 4 heteroatoms. The maximum Gasteiger partial charge on any atom is 0.252 e. The smallest absolute Gasteiger partial charge is 0.252 e. The molecule has 24 heavy (non-hydrogen) atoms. The topological polar surface area (TPSA) is 49.4 Å². The highest BCUT2D eigenvalue weighted by Crippen LogP contribution is 2.37. The van der Waals surface area contributed by atoms with Crippen molar-refractivity contribution in [2.75, 3.05) is 13.1 Å². The molecular formula is C20H20N2O2. The summed E-state index contributed by atoms with van der Waals surface area (Å²) in [4.78, 5) is 27.9. The summed E-state index contributed by atoms with van der Waals surface area (Å²) in [6.07, 6.45) is 0. The zero-order chi connectivity index (χ0) is 16.7. The average Bonchev–Trinajstić information content (AvgIpc) is 2.88. The first-order valence-electron chi connectivity index (χ1n) is 8.29. The van der Waals surface area contributed by atoms with Crippen LogP contribution in [0.5, 0.6) is 0 Å². The van der Waals surface area contributed by atoms with E-state index in [1.54, 1.807) is 18.2 Å². The Morgan fingerprint density at radius 3 is 2.46 bits per heavy atom. The molecule has 0 spiro atoms. The Bertz CT molecular complexity index is 802. The second kappa shape index (κ2) is 5.56. The van der Waals surface area contributed by atoms with Gasteiger partial charge in [-0.15, -0.1) is 0 Å². The fourth-order valence-corrected chi connectivity index (χ4v) is 3.92. The predicted octanol–water partition coefficient (Wildman–Crippen LogP) is 2.50. The highest BCUT2D eigenvalue weighted by atomic mass is 16.2. The van der Waals surface area contributed by atoms with Crippen molar-refractivity contribution in [1.29, 1.82) is 0 Å². The minimum absolute atomic E-state index is 0.0667. The molecule has 122 valence electrons. The zero-order valence-corrected chi connectivity index (χ0v) is 13.7. The summed E-state index contributed by atoms with van der Waals surface area (Å²) in [6, 6.07) is 17.2. The SMILES string of the molecule is C[C@]12CN(Cc3ccccc3)C[C@H]1NC(=O)c1ccccc1C2=O. The second-order valence-corrected chi connectivity index (χ2v) is 6.97. The lowest BCUT2D eigenvalue weighted by Crippen LogP contribution is -2.47. The standard InChI is InChI=1S/C20H20N2O2/c1-20-13-22(11-14-7-3-2-4-8-14)12-17(20)21-19(24)16-10-6-5-9-15(16)18(20)23/h2-10,17H,11-13H2,1H3,(H,21,24)/t17-,20+/m1/s1. The van der Waals surface area contributed by atoms with Crippen LogP contribution < -0.4 is 5.32 Å². The number of amides is 1. The Morgan fingerprint density at radius 1 is 1.04 bits per heavy atom. The zero-order valence-electron chi connectivity index (χ0n) is 13.7. The van der Waals surface area contributed by atoms with E-state index in [0.29, 0.717) is 24.2 Å². The van der Waals surface area contributed by atoms with E-state index in [0.717, 1.165) is 6.54 Å². The van der Waals surface area contributed by atoms with Crippen LogP contribution in [0.15, 0.2) is 54.6 Å². The van der Waals surface area contributed by atoms with Crippen LogP contribution in [0, 0.1) is 5.41 Å². The Morgan fingerprint density at radius 2 is 1.71 bits per heavy atom. The van der Waals surface area contributed by atoms with E-state index >= 15 is 0 Å². The highest BCUT2D eigenvalue weighted by molar-refractivity contribution is 6.12. The molecule has 2 aromatic rings. The minimum Gasteiger partial charge on any atom is -0.347 e. The fourth-order valence-electron chi connectivity index (χ4n) is 3.92. The third kappa shape index (κ3) is 2.34. The minimum atomic E-state index is -0.586. The molecule has 0 aromatic heterocycles. The number of ketones is 1. The van der Waals surface area contributed by atoms with Crippen molar-refractivity contribution in [1.82, 2.24) is 10.2 Å². The molecule has 2 aliphatic heterocycles. The van der Waals surface area contributed by atoms with Crippen LogP contribution in [0.2, 0.25) is 0 Å². The van der Waals surface area contributed by atoms with E-state index in [2.05, 4.69) is 22.3 Å². The van der Waals surface area contributed by atoms with Gasteiger partial charge in [0, 0.05) is 25.2 Å². The van der Waals surface area contributed by atoms with Gasteiger partial charge in [-0.1, -0.05) is 48.5 Å². The molecule has 1 fully saturated rings. The number of nitrogens with zero attached hydrogens (tertiary/aromatic N) is 1. The van der Waals surface area contributed by atoms with Crippen LogP contribution in [0.1, 0.15) is 33.2 Å². The van der Waals surface area contributed by atoms with Gasteiger partial charge in [-0.2, -0.15) is 0 Å². The first-order chi connectivity index (χ1) is 11.6. The van der Waals surface area contributed by atoms with Gasteiger partial charge >= 0.3 is 0 Å². The molecular weight excluding hydrogens is 300 g/mol. The summed E-state index contributed by atoms with van der Waals surface area (Å²) in [7, 11) is 0. The molecule has 0 aliphatic carbocycles. The summed E-state index contributed by atoms with van der Waals surface area (Å²) in [5.74, 6) is -0.0775. The van der Waals surface area contributed by atoms with E-state index in [-0.39, 0.29) is 17.7 Å². The van der Waals surface area contributed by atoms with Gasteiger partial charge in [0.05, 0.1) is 17.0 Å². The number of hydrogen-bond acceptors (Lipinski definition) is 3.